The standard InChI is InChI=1S/C16H16Cl2N4O5S2/c17-10-1-2-11(28-10)29(26,27)21-15(23)8-3-5-22(6-4-8)14-12(18)13(19)9(7-20-14)16(24)25/h1-2,7-8H,3-6H2,(H2,19,20)(H,21,23)(H,24,25). The molecule has 0 bridgehead atoms. The molecule has 0 spiro atoms. The van der Waals surface area contributed by atoms with E-state index in [0.29, 0.717) is 36.1 Å². The van der Waals surface area contributed by atoms with E-state index >= 15 is 0 Å². The zero-order chi connectivity index (χ0) is 21.3. The summed E-state index contributed by atoms with van der Waals surface area (Å²) in [5, 5.41) is 9.10. The van der Waals surface area contributed by atoms with Gasteiger partial charge in [0, 0.05) is 25.2 Å². The average Bonchev–Trinajstić information content (AvgIpc) is 3.11. The molecular weight excluding hydrogens is 463 g/mol. The molecule has 0 atom stereocenters. The average molecular weight is 479 g/mol. The largest absolute Gasteiger partial charge is 0.478 e. The molecule has 156 valence electrons. The first-order valence-corrected chi connectivity index (χ1v) is 11.4. The van der Waals surface area contributed by atoms with Crippen molar-refractivity contribution in [2.45, 2.75) is 17.1 Å². The number of carbonyl (C=O) groups excluding carboxylic acids is 1. The van der Waals surface area contributed by atoms with E-state index in [9.17, 15) is 18.0 Å². The third-order valence-corrected chi connectivity index (χ3v) is 7.93. The van der Waals surface area contributed by atoms with Crippen molar-refractivity contribution in [1.29, 1.82) is 0 Å². The van der Waals surface area contributed by atoms with Crippen LogP contribution in [0.5, 0.6) is 0 Å². The van der Waals surface area contributed by atoms with E-state index in [0.717, 1.165) is 17.5 Å². The highest BCUT2D eigenvalue weighted by Gasteiger charge is 2.30. The second kappa shape index (κ2) is 8.34. The van der Waals surface area contributed by atoms with Gasteiger partial charge in [-0.05, 0) is 25.0 Å². The normalized spacial score (nSPS) is 15.3. The Morgan fingerprint density at radius 1 is 1.28 bits per heavy atom. The number of thiophene rings is 1. The van der Waals surface area contributed by atoms with Crippen LogP contribution in [-0.2, 0) is 14.8 Å². The van der Waals surface area contributed by atoms with Crippen molar-refractivity contribution in [1.82, 2.24) is 9.71 Å². The number of aromatic carboxylic acids is 1. The van der Waals surface area contributed by atoms with Gasteiger partial charge in [0.05, 0.1) is 10.0 Å². The summed E-state index contributed by atoms with van der Waals surface area (Å²) in [6.45, 7) is 0.753. The van der Waals surface area contributed by atoms with Gasteiger partial charge in [-0.25, -0.2) is 22.9 Å². The number of hydrogen-bond donors (Lipinski definition) is 3. The van der Waals surface area contributed by atoms with Crippen molar-refractivity contribution in [3.63, 3.8) is 0 Å². The zero-order valence-electron chi connectivity index (χ0n) is 14.8. The van der Waals surface area contributed by atoms with E-state index in [4.69, 9.17) is 34.0 Å². The van der Waals surface area contributed by atoms with E-state index in [1.807, 2.05) is 0 Å². The Morgan fingerprint density at radius 3 is 2.48 bits per heavy atom. The Kier molecular flexibility index (Phi) is 6.22. The minimum absolute atomic E-state index is 0.0294. The number of anilines is 2. The molecule has 2 aromatic rings. The molecule has 3 rings (SSSR count). The number of hydrogen-bond acceptors (Lipinski definition) is 8. The number of pyridine rings is 1. The SMILES string of the molecule is Nc1c(C(=O)O)cnc(N2CCC(C(=O)NS(=O)(=O)c3ccc(Cl)s3)CC2)c1Cl. The third-order valence-electron chi connectivity index (χ3n) is 4.48. The quantitative estimate of drug-likeness (QED) is 0.594. The maximum absolute atomic E-state index is 12.4. The second-order valence-electron chi connectivity index (χ2n) is 6.32. The highest BCUT2D eigenvalue weighted by atomic mass is 35.5. The summed E-state index contributed by atoms with van der Waals surface area (Å²) in [4.78, 5) is 29.4. The number of carboxylic acids is 1. The molecule has 4 N–H and O–H groups in total. The summed E-state index contributed by atoms with van der Waals surface area (Å²) in [7, 11) is -3.96. The Hall–Kier alpha value is -2.08. The summed E-state index contributed by atoms with van der Waals surface area (Å²) in [6, 6.07) is 2.78. The molecule has 0 aromatic carbocycles. The van der Waals surface area contributed by atoms with Crippen molar-refractivity contribution in [2.24, 2.45) is 5.92 Å². The zero-order valence-corrected chi connectivity index (χ0v) is 17.9. The van der Waals surface area contributed by atoms with Gasteiger partial charge in [0.15, 0.2) is 0 Å². The van der Waals surface area contributed by atoms with Crippen LogP contribution in [0.25, 0.3) is 0 Å². The van der Waals surface area contributed by atoms with Crippen LogP contribution in [0.2, 0.25) is 9.36 Å². The number of halogens is 2. The van der Waals surface area contributed by atoms with Crippen LogP contribution >= 0.6 is 34.5 Å². The van der Waals surface area contributed by atoms with E-state index in [-0.39, 0.29) is 20.5 Å². The molecule has 0 aliphatic carbocycles. The summed E-state index contributed by atoms with van der Waals surface area (Å²) in [5.74, 6) is -2.00. The number of nitrogens with one attached hydrogen (secondary N) is 1. The van der Waals surface area contributed by atoms with Gasteiger partial charge in [-0.2, -0.15) is 0 Å². The molecule has 1 aliphatic heterocycles. The van der Waals surface area contributed by atoms with Crippen LogP contribution in [0.15, 0.2) is 22.5 Å². The first kappa shape index (κ1) is 21.6. The maximum Gasteiger partial charge on any atom is 0.339 e. The molecule has 1 saturated heterocycles. The van der Waals surface area contributed by atoms with Crippen LogP contribution in [0.1, 0.15) is 23.2 Å². The van der Waals surface area contributed by atoms with Gasteiger partial charge in [-0.1, -0.05) is 23.2 Å². The van der Waals surface area contributed by atoms with Crippen LogP contribution in [0, 0.1) is 5.92 Å². The van der Waals surface area contributed by atoms with Crippen molar-refractivity contribution < 1.29 is 23.1 Å². The summed E-state index contributed by atoms with van der Waals surface area (Å²) in [5.41, 5.74) is 5.51. The van der Waals surface area contributed by atoms with Crippen LogP contribution in [-0.4, -0.2) is 43.5 Å². The molecule has 1 amide bonds. The number of nitrogen functional groups attached to an aromatic ring is 1. The number of aromatic nitrogens is 1. The number of nitrogens with two attached hydrogens (primary N) is 1. The fourth-order valence-electron chi connectivity index (χ4n) is 2.94. The molecule has 0 unspecified atom stereocenters. The molecule has 3 heterocycles. The summed E-state index contributed by atoms with van der Waals surface area (Å²) < 4.78 is 26.9. The van der Waals surface area contributed by atoms with E-state index in [1.165, 1.54) is 12.1 Å². The Bertz CT molecular complexity index is 1070. The lowest BCUT2D eigenvalue weighted by Gasteiger charge is -2.32. The van der Waals surface area contributed by atoms with Gasteiger partial charge in [0.2, 0.25) is 5.91 Å². The molecule has 13 heteroatoms. The highest BCUT2D eigenvalue weighted by molar-refractivity contribution is 7.92. The fraction of sp³-hybridized carbons (Fsp3) is 0.312. The maximum atomic E-state index is 12.4. The van der Waals surface area contributed by atoms with E-state index in [2.05, 4.69) is 9.71 Å². The Morgan fingerprint density at radius 2 is 1.93 bits per heavy atom. The van der Waals surface area contributed by atoms with Crippen LogP contribution < -0.4 is 15.4 Å². The van der Waals surface area contributed by atoms with Gasteiger partial charge in [0.1, 0.15) is 20.6 Å². The summed E-state index contributed by atoms with van der Waals surface area (Å²) >= 11 is 12.8. The predicted octanol–water partition coefficient (Wildman–Crippen LogP) is 2.45. The lowest BCUT2D eigenvalue weighted by molar-refractivity contribution is -0.123. The second-order valence-corrected chi connectivity index (χ2v) is 10.3. The fourth-order valence-corrected chi connectivity index (χ4v) is 5.74. The predicted molar refractivity (Wildman–Crippen MR) is 110 cm³/mol. The summed E-state index contributed by atoms with van der Waals surface area (Å²) in [6.07, 6.45) is 1.87. The van der Waals surface area contributed by atoms with Gasteiger partial charge in [-0.15, -0.1) is 11.3 Å². The molecule has 0 radical (unpaired) electrons. The highest BCUT2D eigenvalue weighted by Crippen LogP contribution is 2.34. The van der Waals surface area contributed by atoms with Gasteiger partial charge < -0.3 is 15.7 Å². The van der Waals surface area contributed by atoms with Crippen molar-refractivity contribution >= 4 is 67.9 Å². The topological polar surface area (TPSA) is 143 Å². The Balaban J connectivity index is 1.65. The van der Waals surface area contributed by atoms with Gasteiger partial charge in [0.25, 0.3) is 10.0 Å². The number of nitrogens with zero attached hydrogens (tertiary/aromatic N) is 2. The first-order valence-electron chi connectivity index (χ1n) is 8.34. The number of carbonyl (C=O) groups is 2. The number of amides is 1. The van der Waals surface area contributed by atoms with Crippen molar-refractivity contribution in [3.05, 3.63) is 33.3 Å². The van der Waals surface area contributed by atoms with Crippen LogP contribution in [0.3, 0.4) is 0 Å². The van der Waals surface area contributed by atoms with Crippen molar-refractivity contribution in [3.8, 4) is 0 Å². The van der Waals surface area contributed by atoms with Gasteiger partial charge in [-0.3, -0.25) is 4.79 Å². The number of piperidine rings is 1. The van der Waals surface area contributed by atoms with Crippen LogP contribution in [0.4, 0.5) is 11.5 Å². The lowest BCUT2D eigenvalue weighted by Crippen LogP contribution is -2.42. The minimum Gasteiger partial charge on any atom is -0.478 e. The molecule has 2 aromatic heterocycles. The molecule has 9 nitrogen and oxygen atoms in total. The lowest BCUT2D eigenvalue weighted by atomic mass is 9.96. The van der Waals surface area contributed by atoms with Gasteiger partial charge >= 0.3 is 5.97 Å². The monoisotopic (exact) mass is 478 g/mol. The molecule has 29 heavy (non-hydrogen) atoms. The van der Waals surface area contributed by atoms with E-state index < -0.39 is 27.8 Å². The number of sulfonamides is 1. The molecule has 1 fully saturated rings. The molecule has 0 saturated carbocycles. The minimum atomic E-state index is -3.96. The molecule has 1 aliphatic rings. The smallest absolute Gasteiger partial charge is 0.339 e. The van der Waals surface area contributed by atoms with E-state index in [1.54, 1.807) is 4.90 Å². The third kappa shape index (κ3) is 4.58. The van der Waals surface area contributed by atoms with Crippen molar-refractivity contribution in [2.75, 3.05) is 23.7 Å². The number of rotatable bonds is 5. The molecular formula is C16H16Cl2N4O5S2. The number of carboxylic acid groups (broad SMARTS) is 1. The first-order chi connectivity index (χ1) is 13.6. The Labute approximate surface area is 180 Å².